The van der Waals surface area contributed by atoms with Crippen LogP contribution in [0.15, 0.2) is 30.3 Å². The number of rotatable bonds is 2. The van der Waals surface area contributed by atoms with Gasteiger partial charge in [0.05, 0.1) is 18.3 Å². The van der Waals surface area contributed by atoms with Gasteiger partial charge < -0.3 is 9.64 Å². The first-order chi connectivity index (χ1) is 7.22. The van der Waals surface area contributed by atoms with Crippen molar-refractivity contribution in [2.75, 3.05) is 26.1 Å². The van der Waals surface area contributed by atoms with Crippen molar-refractivity contribution in [3.8, 4) is 5.88 Å². The predicted octanol–water partition coefficient (Wildman–Crippen LogP) is 2.31. The molecule has 3 nitrogen and oxygen atoms in total. The molecule has 1 aromatic heterocycles. The summed E-state index contributed by atoms with van der Waals surface area (Å²) in [6, 6.07) is 10.0. The molecule has 0 amide bonds. The number of para-hydroxylation sites is 1. The number of benzene rings is 1. The molecule has 2 rings (SSSR count). The molecule has 0 saturated carbocycles. The molecule has 2 aromatic rings. The van der Waals surface area contributed by atoms with E-state index in [2.05, 4.69) is 16.0 Å². The quantitative estimate of drug-likeness (QED) is 0.747. The minimum absolute atomic E-state index is 0.650. The van der Waals surface area contributed by atoms with Gasteiger partial charge in [0.15, 0.2) is 0 Å². The lowest BCUT2D eigenvalue weighted by Crippen LogP contribution is -2.09. The highest BCUT2D eigenvalue weighted by Gasteiger charge is 2.06. The second-order valence-corrected chi connectivity index (χ2v) is 3.60. The maximum atomic E-state index is 5.18. The van der Waals surface area contributed by atoms with Crippen LogP contribution in [-0.4, -0.2) is 26.2 Å². The molecule has 1 heterocycles. The highest BCUT2D eigenvalue weighted by Crippen LogP contribution is 2.27. The van der Waals surface area contributed by atoms with E-state index in [0.717, 1.165) is 16.6 Å². The maximum Gasteiger partial charge on any atom is 0.215 e. The van der Waals surface area contributed by atoms with E-state index in [4.69, 9.17) is 4.74 Å². The van der Waals surface area contributed by atoms with Crippen molar-refractivity contribution in [2.45, 2.75) is 0 Å². The van der Waals surface area contributed by atoms with Crippen LogP contribution in [0.5, 0.6) is 5.88 Å². The van der Waals surface area contributed by atoms with E-state index in [0.29, 0.717) is 5.88 Å². The SMILES string of the molecule is COc1cc(N(C)C)c2ccccc2n1. The molecule has 15 heavy (non-hydrogen) atoms. The van der Waals surface area contributed by atoms with Gasteiger partial charge in [0.1, 0.15) is 0 Å². The molecule has 0 N–H and O–H groups in total. The summed E-state index contributed by atoms with van der Waals surface area (Å²) in [5.41, 5.74) is 2.08. The Morgan fingerprint density at radius 1 is 1.20 bits per heavy atom. The fourth-order valence-electron chi connectivity index (χ4n) is 1.61. The zero-order valence-electron chi connectivity index (χ0n) is 9.19. The number of aromatic nitrogens is 1. The molecule has 0 aliphatic rings. The van der Waals surface area contributed by atoms with Crippen LogP contribution < -0.4 is 9.64 Å². The highest BCUT2D eigenvalue weighted by atomic mass is 16.5. The standard InChI is InChI=1S/C12H14N2O/c1-14(2)11-8-12(15-3)13-10-7-5-4-6-9(10)11/h4-8H,1-3H3. The Labute approximate surface area is 89.3 Å². The van der Waals surface area contributed by atoms with Crippen molar-refractivity contribution in [2.24, 2.45) is 0 Å². The predicted molar refractivity (Wildman–Crippen MR) is 62.6 cm³/mol. The largest absolute Gasteiger partial charge is 0.481 e. The Hall–Kier alpha value is -1.77. The lowest BCUT2D eigenvalue weighted by molar-refractivity contribution is 0.399. The summed E-state index contributed by atoms with van der Waals surface area (Å²) < 4.78 is 5.18. The summed E-state index contributed by atoms with van der Waals surface area (Å²) in [5.74, 6) is 0.650. The van der Waals surface area contributed by atoms with E-state index in [-0.39, 0.29) is 0 Å². The topological polar surface area (TPSA) is 25.4 Å². The monoisotopic (exact) mass is 202 g/mol. The first-order valence-electron chi connectivity index (χ1n) is 4.83. The van der Waals surface area contributed by atoms with E-state index in [1.165, 1.54) is 0 Å². The molecule has 0 spiro atoms. The van der Waals surface area contributed by atoms with Gasteiger partial charge in [-0.05, 0) is 6.07 Å². The third-order valence-electron chi connectivity index (χ3n) is 2.36. The third kappa shape index (κ3) is 1.73. The Kier molecular flexibility index (Phi) is 2.46. The van der Waals surface area contributed by atoms with Crippen molar-refractivity contribution >= 4 is 16.6 Å². The smallest absolute Gasteiger partial charge is 0.215 e. The normalized spacial score (nSPS) is 10.3. The number of pyridine rings is 1. The van der Waals surface area contributed by atoms with Gasteiger partial charge in [-0.3, -0.25) is 0 Å². The maximum absolute atomic E-state index is 5.18. The Morgan fingerprint density at radius 3 is 2.60 bits per heavy atom. The van der Waals surface area contributed by atoms with Crippen molar-refractivity contribution in [1.29, 1.82) is 0 Å². The average molecular weight is 202 g/mol. The third-order valence-corrected chi connectivity index (χ3v) is 2.36. The van der Waals surface area contributed by atoms with Crippen LogP contribution in [0, 0.1) is 0 Å². The zero-order chi connectivity index (χ0) is 10.8. The van der Waals surface area contributed by atoms with Gasteiger partial charge in [-0.15, -0.1) is 0 Å². The number of ether oxygens (including phenoxy) is 1. The first-order valence-corrected chi connectivity index (χ1v) is 4.83. The van der Waals surface area contributed by atoms with Gasteiger partial charge in [-0.25, -0.2) is 4.98 Å². The molecule has 1 aromatic carbocycles. The van der Waals surface area contributed by atoms with Crippen molar-refractivity contribution < 1.29 is 4.74 Å². The van der Waals surface area contributed by atoms with Crippen LogP contribution in [0.4, 0.5) is 5.69 Å². The van der Waals surface area contributed by atoms with Crippen LogP contribution in [0.3, 0.4) is 0 Å². The lowest BCUT2D eigenvalue weighted by atomic mass is 10.2. The molecule has 0 radical (unpaired) electrons. The van der Waals surface area contributed by atoms with E-state index in [9.17, 15) is 0 Å². The van der Waals surface area contributed by atoms with E-state index in [1.54, 1.807) is 7.11 Å². The number of methoxy groups -OCH3 is 1. The molecule has 0 unspecified atom stereocenters. The number of fused-ring (bicyclic) bond motifs is 1. The minimum Gasteiger partial charge on any atom is -0.481 e. The lowest BCUT2D eigenvalue weighted by Gasteiger charge is -2.16. The molecule has 0 atom stereocenters. The molecular weight excluding hydrogens is 188 g/mol. The molecule has 0 saturated heterocycles. The fourth-order valence-corrected chi connectivity index (χ4v) is 1.61. The summed E-state index contributed by atoms with van der Waals surface area (Å²) in [7, 11) is 5.67. The zero-order valence-corrected chi connectivity index (χ0v) is 9.19. The van der Waals surface area contributed by atoms with Gasteiger partial charge in [-0.1, -0.05) is 18.2 Å². The average Bonchev–Trinajstić information content (AvgIpc) is 2.27. The van der Waals surface area contributed by atoms with E-state index < -0.39 is 0 Å². The van der Waals surface area contributed by atoms with Crippen molar-refractivity contribution in [3.63, 3.8) is 0 Å². The number of nitrogens with zero attached hydrogens (tertiary/aromatic N) is 2. The fraction of sp³-hybridized carbons (Fsp3) is 0.250. The second-order valence-electron chi connectivity index (χ2n) is 3.60. The Morgan fingerprint density at radius 2 is 1.93 bits per heavy atom. The van der Waals surface area contributed by atoms with Gasteiger partial charge >= 0.3 is 0 Å². The van der Waals surface area contributed by atoms with Gasteiger partial charge in [-0.2, -0.15) is 0 Å². The molecular formula is C12H14N2O. The summed E-state index contributed by atoms with van der Waals surface area (Å²) in [5, 5.41) is 1.14. The van der Waals surface area contributed by atoms with E-state index in [1.807, 2.05) is 38.4 Å². The summed E-state index contributed by atoms with van der Waals surface area (Å²) in [6.07, 6.45) is 0. The van der Waals surface area contributed by atoms with E-state index >= 15 is 0 Å². The summed E-state index contributed by atoms with van der Waals surface area (Å²) in [6.45, 7) is 0. The highest BCUT2D eigenvalue weighted by molar-refractivity contribution is 5.92. The molecule has 0 fully saturated rings. The van der Waals surface area contributed by atoms with Crippen LogP contribution in [0.2, 0.25) is 0 Å². The van der Waals surface area contributed by atoms with Gasteiger partial charge in [0.2, 0.25) is 5.88 Å². The number of hydrogen-bond donors (Lipinski definition) is 0. The minimum atomic E-state index is 0.650. The van der Waals surface area contributed by atoms with Gasteiger partial charge in [0.25, 0.3) is 0 Å². The Bertz CT molecular complexity index is 480. The molecule has 78 valence electrons. The Balaban J connectivity index is 2.74. The first kappa shape index (κ1) is 9.77. The molecule has 3 heteroatoms. The molecule has 0 bridgehead atoms. The van der Waals surface area contributed by atoms with Crippen LogP contribution in [-0.2, 0) is 0 Å². The number of hydrogen-bond acceptors (Lipinski definition) is 3. The van der Waals surface area contributed by atoms with Crippen LogP contribution in [0.1, 0.15) is 0 Å². The van der Waals surface area contributed by atoms with Crippen LogP contribution in [0.25, 0.3) is 10.9 Å². The van der Waals surface area contributed by atoms with Crippen molar-refractivity contribution in [3.05, 3.63) is 30.3 Å². The second kappa shape index (κ2) is 3.77. The van der Waals surface area contributed by atoms with Crippen LogP contribution >= 0.6 is 0 Å². The van der Waals surface area contributed by atoms with Gasteiger partial charge in [0, 0.05) is 25.5 Å². The molecule has 0 aliphatic heterocycles. The molecule has 0 aliphatic carbocycles. The van der Waals surface area contributed by atoms with Crippen molar-refractivity contribution in [1.82, 2.24) is 4.98 Å². The summed E-state index contributed by atoms with van der Waals surface area (Å²) in [4.78, 5) is 6.45. The number of anilines is 1. The summed E-state index contributed by atoms with van der Waals surface area (Å²) >= 11 is 0.